The van der Waals surface area contributed by atoms with Gasteiger partial charge in [-0.15, -0.1) is 0 Å². The van der Waals surface area contributed by atoms with Crippen molar-refractivity contribution in [1.29, 1.82) is 0 Å². The summed E-state index contributed by atoms with van der Waals surface area (Å²) in [6.45, 7) is 0. The molecule has 1 aromatic carbocycles. The van der Waals surface area contributed by atoms with Gasteiger partial charge in [-0.25, -0.2) is 13.1 Å². The molecule has 0 saturated heterocycles. The van der Waals surface area contributed by atoms with E-state index >= 15 is 0 Å². The van der Waals surface area contributed by atoms with Crippen molar-refractivity contribution in [1.82, 2.24) is 4.72 Å². The predicted molar refractivity (Wildman–Crippen MR) is 75.1 cm³/mol. The third-order valence-electron chi connectivity index (χ3n) is 4.31. The summed E-state index contributed by atoms with van der Waals surface area (Å²) < 4.78 is 27.7. The highest BCUT2D eigenvalue weighted by Crippen LogP contribution is 2.38. The lowest BCUT2D eigenvalue weighted by Gasteiger charge is -2.23. The van der Waals surface area contributed by atoms with Crippen LogP contribution in [-0.4, -0.2) is 14.5 Å². The van der Waals surface area contributed by atoms with Crippen LogP contribution < -0.4 is 4.72 Å². The van der Waals surface area contributed by atoms with Crippen LogP contribution in [0.15, 0.2) is 47.4 Å². The normalized spacial score (nSPS) is 30.2. The molecule has 102 valence electrons. The molecule has 0 aliphatic heterocycles. The molecule has 1 aromatic rings. The van der Waals surface area contributed by atoms with Crippen molar-refractivity contribution in [3.8, 4) is 0 Å². The minimum atomic E-state index is -3.38. The molecule has 2 atom stereocenters. The lowest BCUT2D eigenvalue weighted by atomic mass is 9.97. The number of sulfonamides is 1. The zero-order valence-electron chi connectivity index (χ0n) is 10.8. The Morgan fingerprint density at radius 3 is 2.11 bits per heavy atom. The zero-order chi connectivity index (χ0) is 13.3. The summed E-state index contributed by atoms with van der Waals surface area (Å²) in [5.41, 5.74) is 0. The average Bonchev–Trinajstić information content (AvgIpc) is 2.63. The van der Waals surface area contributed by atoms with Gasteiger partial charge in [0.15, 0.2) is 0 Å². The Bertz CT molecular complexity index is 549. The van der Waals surface area contributed by atoms with Crippen LogP contribution in [0.1, 0.15) is 25.7 Å². The van der Waals surface area contributed by atoms with Crippen LogP contribution in [0.2, 0.25) is 0 Å². The Morgan fingerprint density at radius 1 is 0.947 bits per heavy atom. The van der Waals surface area contributed by atoms with Crippen molar-refractivity contribution in [3.63, 3.8) is 0 Å². The second-order valence-corrected chi connectivity index (χ2v) is 7.21. The molecule has 19 heavy (non-hydrogen) atoms. The first kappa shape index (κ1) is 12.9. The smallest absolute Gasteiger partial charge is 0.207 e. The number of allylic oxidation sites excluding steroid dienone is 2. The molecule has 3 nitrogen and oxygen atoms in total. The van der Waals surface area contributed by atoms with Gasteiger partial charge in [-0.1, -0.05) is 30.4 Å². The fourth-order valence-electron chi connectivity index (χ4n) is 3.28. The Hall–Kier alpha value is -1.13. The van der Waals surface area contributed by atoms with E-state index in [-0.39, 0.29) is 6.04 Å². The third-order valence-corrected chi connectivity index (χ3v) is 5.79. The van der Waals surface area contributed by atoms with Crippen molar-refractivity contribution in [2.24, 2.45) is 11.8 Å². The lowest BCUT2D eigenvalue weighted by Crippen LogP contribution is -2.40. The van der Waals surface area contributed by atoms with E-state index in [1.165, 1.54) is 0 Å². The molecule has 1 N–H and O–H groups in total. The number of hydrogen-bond donors (Lipinski definition) is 1. The minimum absolute atomic E-state index is 0.0974. The van der Waals surface area contributed by atoms with Crippen LogP contribution in [0.3, 0.4) is 0 Å². The highest BCUT2D eigenvalue weighted by molar-refractivity contribution is 7.89. The predicted octanol–water partition coefficient (Wildman–Crippen LogP) is 2.71. The summed E-state index contributed by atoms with van der Waals surface area (Å²) in [5, 5.41) is 0. The molecule has 4 heteroatoms. The van der Waals surface area contributed by atoms with Gasteiger partial charge in [0, 0.05) is 6.04 Å². The molecule has 3 rings (SSSR count). The summed E-state index contributed by atoms with van der Waals surface area (Å²) in [7, 11) is -3.38. The van der Waals surface area contributed by atoms with Crippen molar-refractivity contribution in [3.05, 3.63) is 42.5 Å². The Labute approximate surface area is 114 Å². The molecule has 2 unspecified atom stereocenters. The molecule has 1 saturated carbocycles. The molecule has 0 aromatic heterocycles. The standard InChI is InChI=1S/C15H19NO2S/c17-19(18,14-8-2-1-3-9-14)16-15-12-6-4-5-7-13(15)11-10-12/h1-5,8-9,12-13,15-16H,6-7,10-11H2. The van der Waals surface area contributed by atoms with Crippen LogP contribution in [-0.2, 0) is 10.0 Å². The van der Waals surface area contributed by atoms with Gasteiger partial charge >= 0.3 is 0 Å². The Morgan fingerprint density at radius 2 is 1.53 bits per heavy atom. The van der Waals surface area contributed by atoms with Crippen LogP contribution in [0.5, 0.6) is 0 Å². The van der Waals surface area contributed by atoms with E-state index < -0.39 is 10.0 Å². The van der Waals surface area contributed by atoms with Gasteiger partial charge in [0.1, 0.15) is 0 Å². The maximum Gasteiger partial charge on any atom is 0.240 e. The van der Waals surface area contributed by atoms with E-state index in [9.17, 15) is 8.42 Å². The number of nitrogens with one attached hydrogen (secondary N) is 1. The largest absolute Gasteiger partial charge is 0.240 e. The van der Waals surface area contributed by atoms with Crippen LogP contribution in [0.25, 0.3) is 0 Å². The van der Waals surface area contributed by atoms with E-state index in [1.807, 2.05) is 6.07 Å². The van der Waals surface area contributed by atoms with E-state index in [1.54, 1.807) is 24.3 Å². The summed E-state index contributed by atoms with van der Waals surface area (Å²) in [4.78, 5) is 0.367. The number of benzene rings is 1. The molecular formula is C15H19NO2S. The van der Waals surface area contributed by atoms with E-state index in [0.717, 1.165) is 25.7 Å². The first-order chi connectivity index (χ1) is 9.17. The number of fused-ring (bicyclic) bond motifs is 2. The average molecular weight is 277 g/mol. The highest BCUT2D eigenvalue weighted by Gasteiger charge is 2.38. The van der Waals surface area contributed by atoms with Crippen LogP contribution >= 0.6 is 0 Å². The van der Waals surface area contributed by atoms with Gasteiger partial charge < -0.3 is 0 Å². The molecule has 2 bridgehead atoms. The van der Waals surface area contributed by atoms with Crippen molar-refractivity contribution in [2.75, 3.05) is 0 Å². The summed E-state index contributed by atoms with van der Waals surface area (Å²) in [6.07, 6.45) is 8.67. The molecular weight excluding hydrogens is 258 g/mol. The third kappa shape index (κ3) is 2.60. The lowest BCUT2D eigenvalue weighted by molar-refractivity contribution is 0.389. The first-order valence-electron chi connectivity index (χ1n) is 6.89. The Kier molecular flexibility index (Phi) is 3.46. The summed E-state index contributed by atoms with van der Waals surface area (Å²) in [5.74, 6) is 0.921. The van der Waals surface area contributed by atoms with E-state index in [2.05, 4.69) is 16.9 Å². The second-order valence-electron chi connectivity index (χ2n) is 5.50. The second kappa shape index (κ2) is 5.10. The molecule has 0 spiro atoms. The molecule has 1 fully saturated rings. The maximum atomic E-state index is 12.4. The minimum Gasteiger partial charge on any atom is -0.207 e. The van der Waals surface area contributed by atoms with Crippen molar-refractivity contribution < 1.29 is 8.42 Å². The van der Waals surface area contributed by atoms with Gasteiger partial charge in [0.05, 0.1) is 4.90 Å². The molecule has 0 heterocycles. The van der Waals surface area contributed by atoms with Crippen LogP contribution in [0.4, 0.5) is 0 Å². The number of rotatable bonds is 3. The topological polar surface area (TPSA) is 46.2 Å². The molecule has 2 aliphatic carbocycles. The quantitative estimate of drug-likeness (QED) is 0.863. The van der Waals surface area contributed by atoms with E-state index in [0.29, 0.717) is 16.7 Å². The molecule has 0 radical (unpaired) electrons. The van der Waals surface area contributed by atoms with Gasteiger partial charge in [-0.2, -0.15) is 0 Å². The van der Waals surface area contributed by atoms with Gasteiger partial charge in [-0.3, -0.25) is 0 Å². The van der Waals surface area contributed by atoms with E-state index in [4.69, 9.17) is 0 Å². The number of hydrogen-bond acceptors (Lipinski definition) is 2. The highest BCUT2D eigenvalue weighted by atomic mass is 32.2. The van der Waals surface area contributed by atoms with Gasteiger partial charge in [0.2, 0.25) is 10.0 Å². The summed E-state index contributed by atoms with van der Waals surface area (Å²) in [6, 6.07) is 8.76. The van der Waals surface area contributed by atoms with Crippen LogP contribution in [0, 0.1) is 11.8 Å². The van der Waals surface area contributed by atoms with Gasteiger partial charge in [0.25, 0.3) is 0 Å². The summed E-state index contributed by atoms with van der Waals surface area (Å²) >= 11 is 0. The Balaban J connectivity index is 1.82. The maximum absolute atomic E-state index is 12.4. The fourth-order valence-corrected chi connectivity index (χ4v) is 4.68. The SMILES string of the molecule is O=S(=O)(NC1C2CC=CCC1CC2)c1ccccc1. The molecule has 0 amide bonds. The van der Waals surface area contributed by atoms with Gasteiger partial charge in [-0.05, 0) is 49.7 Å². The van der Waals surface area contributed by atoms with Crippen molar-refractivity contribution >= 4 is 10.0 Å². The fraction of sp³-hybridized carbons (Fsp3) is 0.467. The molecule has 2 aliphatic rings. The zero-order valence-corrected chi connectivity index (χ0v) is 11.6. The van der Waals surface area contributed by atoms with Crippen molar-refractivity contribution in [2.45, 2.75) is 36.6 Å². The first-order valence-corrected chi connectivity index (χ1v) is 8.37. The monoisotopic (exact) mass is 277 g/mol.